The second kappa shape index (κ2) is 17.4. The number of amides is 1. The molecule has 1 saturated heterocycles. The normalized spacial score (nSPS) is 14.1. The monoisotopic (exact) mass is 750 g/mol. The zero-order valence-electron chi connectivity index (χ0n) is 33.1. The topological polar surface area (TPSA) is 124 Å². The smallest absolute Gasteiger partial charge is 0.410 e. The first-order valence-corrected chi connectivity index (χ1v) is 19.1. The number of anilines is 1. The number of rotatable bonds is 14. The zero-order valence-corrected chi connectivity index (χ0v) is 33.1. The summed E-state index contributed by atoms with van der Waals surface area (Å²) in [6.07, 6.45) is 3.90. The lowest BCUT2D eigenvalue weighted by molar-refractivity contribution is 0.0204. The fraction of sp³-hybridized carbons (Fsp3) is 0.442. The van der Waals surface area contributed by atoms with Crippen molar-refractivity contribution in [1.29, 1.82) is 0 Å². The van der Waals surface area contributed by atoms with Gasteiger partial charge in [-0.05, 0) is 105 Å². The molecular weight excluding hydrogens is 697 g/mol. The van der Waals surface area contributed by atoms with E-state index in [-0.39, 0.29) is 12.1 Å². The molecule has 3 aromatic carbocycles. The molecule has 0 aliphatic carbocycles. The lowest BCUT2D eigenvalue weighted by atomic mass is 9.85. The third kappa shape index (κ3) is 9.66. The summed E-state index contributed by atoms with van der Waals surface area (Å²) in [4.78, 5) is 26.3. The highest BCUT2D eigenvalue weighted by molar-refractivity contribution is 5.68. The van der Waals surface area contributed by atoms with E-state index in [1.165, 1.54) is 5.56 Å². The van der Waals surface area contributed by atoms with Crippen LogP contribution in [0.2, 0.25) is 0 Å². The van der Waals surface area contributed by atoms with Gasteiger partial charge in [0.1, 0.15) is 23.2 Å². The number of piperidine rings is 1. The van der Waals surface area contributed by atoms with Gasteiger partial charge in [-0.2, -0.15) is 4.98 Å². The molecule has 12 heteroatoms. The summed E-state index contributed by atoms with van der Waals surface area (Å²) in [6, 6.07) is 22.3. The summed E-state index contributed by atoms with van der Waals surface area (Å²) < 4.78 is 24.2. The minimum atomic E-state index is -1.01. The van der Waals surface area contributed by atoms with Gasteiger partial charge in [0.05, 0.1) is 32.7 Å². The number of aliphatic hydroxyl groups is 1. The first-order chi connectivity index (χ1) is 26.5. The summed E-state index contributed by atoms with van der Waals surface area (Å²) in [6.45, 7) is 12.6. The van der Waals surface area contributed by atoms with Gasteiger partial charge in [0.2, 0.25) is 0 Å². The minimum absolute atomic E-state index is 0.209. The number of likely N-dealkylation sites (tertiary alicyclic amines) is 1. The van der Waals surface area contributed by atoms with Gasteiger partial charge in [-0.3, -0.25) is 0 Å². The minimum Gasteiger partial charge on any atom is -0.497 e. The van der Waals surface area contributed by atoms with Crippen LogP contribution in [-0.4, -0.2) is 75.2 Å². The van der Waals surface area contributed by atoms with E-state index in [1.54, 1.807) is 29.8 Å². The van der Waals surface area contributed by atoms with Crippen LogP contribution >= 0.6 is 0 Å². The molecule has 3 heterocycles. The van der Waals surface area contributed by atoms with Crippen molar-refractivity contribution in [1.82, 2.24) is 24.5 Å². The third-order valence-electron chi connectivity index (χ3n) is 9.92. The maximum absolute atomic E-state index is 12.6. The molecule has 0 bridgehead atoms. The van der Waals surface area contributed by atoms with Crippen molar-refractivity contribution >= 4 is 17.6 Å². The molecule has 5 aromatic rings. The molecule has 0 radical (unpaired) electrons. The van der Waals surface area contributed by atoms with Gasteiger partial charge in [-0.15, -0.1) is 5.10 Å². The predicted octanol–water partition coefficient (Wildman–Crippen LogP) is 8.03. The summed E-state index contributed by atoms with van der Waals surface area (Å²) in [7, 11) is 3.31. The largest absolute Gasteiger partial charge is 0.497 e. The molecule has 1 aliphatic rings. The average molecular weight is 751 g/mol. The Hall–Kier alpha value is -5.36. The molecule has 1 unspecified atom stereocenters. The van der Waals surface area contributed by atoms with E-state index in [2.05, 4.69) is 24.8 Å². The van der Waals surface area contributed by atoms with Crippen molar-refractivity contribution < 1.29 is 28.8 Å². The second-order valence-electron chi connectivity index (χ2n) is 15.2. The van der Waals surface area contributed by atoms with Crippen LogP contribution in [0.15, 0.2) is 72.9 Å². The van der Waals surface area contributed by atoms with E-state index in [0.29, 0.717) is 55.9 Å². The zero-order chi connectivity index (χ0) is 39.1. The highest BCUT2D eigenvalue weighted by Crippen LogP contribution is 2.34. The Morgan fingerprint density at radius 2 is 1.56 bits per heavy atom. The number of benzene rings is 3. The number of carbonyl (C=O) groups excluding carboxylic acids is 1. The quantitative estimate of drug-likeness (QED) is 0.112. The van der Waals surface area contributed by atoms with E-state index in [4.69, 9.17) is 34.0 Å². The summed E-state index contributed by atoms with van der Waals surface area (Å²) in [5.74, 6) is 2.44. The Kier molecular flexibility index (Phi) is 12.4. The predicted molar refractivity (Wildman–Crippen MR) is 212 cm³/mol. The molecule has 2 aromatic heterocycles. The number of ether oxygens (including phenoxy) is 4. The van der Waals surface area contributed by atoms with Gasteiger partial charge in [0.15, 0.2) is 11.5 Å². The Balaban J connectivity index is 1.31. The number of imidazole rings is 1. The first-order valence-electron chi connectivity index (χ1n) is 19.1. The SMILES string of the molecule is CCCCOc1nc(N(Cc2ccc(OC)cc2)Cc2ccc(OC)cc2)c2ncc(C(O)c3ccc(C4CCN(C(=O)OC(C)(C)C)CC4)c(C)c3)n2n1. The molecule has 1 fully saturated rings. The molecule has 12 nitrogen and oxygen atoms in total. The first kappa shape index (κ1) is 39.3. The molecule has 292 valence electrons. The summed E-state index contributed by atoms with van der Waals surface area (Å²) >= 11 is 0. The van der Waals surface area contributed by atoms with Gasteiger partial charge < -0.3 is 33.9 Å². The number of fused-ring (bicyclic) bond motifs is 1. The van der Waals surface area contributed by atoms with Crippen LogP contribution in [-0.2, 0) is 17.8 Å². The maximum atomic E-state index is 12.6. The van der Waals surface area contributed by atoms with Crippen molar-refractivity contribution in [2.24, 2.45) is 0 Å². The van der Waals surface area contributed by atoms with Crippen molar-refractivity contribution in [3.63, 3.8) is 0 Å². The van der Waals surface area contributed by atoms with Crippen LogP contribution in [0.3, 0.4) is 0 Å². The van der Waals surface area contributed by atoms with Crippen LogP contribution in [0, 0.1) is 6.92 Å². The number of hydrogen-bond acceptors (Lipinski definition) is 10. The molecule has 1 N–H and O–H groups in total. The Morgan fingerprint density at radius 3 is 2.11 bits per heavy atom. The number of carbonyl (C=O) groups is 1. The van der Waals surface area contributed by atoms with E-state index >= 15 is 0 Å². The third-order valence-corrected chi connectivity index (χ3v) is 9.92. The van der Waals surface area contributed by atoms with Crippen molar-refractivity contribution in [2.75, 3.05) is 38.8 Å². The van der Waals surface area contributed by atoms with Crippen LogP contribution < -0.4 is 19.1 Å². The van der Waals surface area contributed by atoms with Gasteiger partial charge in [-0.1, -0.05) is 55.8 Å². The van der Waals surface area contributed by atoms with Crippen LogP contribution in [0.5, 0.6) is 17.5 Å². The number of hydrogen-bond donors (Lipinski definition) is 1. The number of aromatic nitrogens is 4. The number of nitrogens with zero attached hydrogens (tertiary/aromatic N) is 6. The number of unbranched alkanes of at least 4 members (excludes halogenated alkanes) is 1. The van der Waals surface area contributed by atoms with E-state index in [0.717, 1.165) is 59.4 Å². The molecule has 6 rings (SSSR count). The van der Waals surface area contributed by atoms with Crippen molar-refractivity contribution in [3.05, 3.63) is 106 Å². The van der Waals surface area contributed by atoms with Crippen molar-refractivity contribution in [2.45, 2.75) is 91.0 Å². The molecule has 0 saturated carbocycles. The molecule has 1 atom stereocenters. The molecule has 1 aliphatic heterocycles. The van der Waals surface area contributed by atoms with Gasteiger partial charge in [0.25, 0.3) is 0 Å². The maximum Gasteiger partial charge on any atom is 0.410 e. The highest BCUT2D eigenvalue weighted by Gasteiger charge is 2.29. The lowest BCUT2D eigenvalue weighted by Crippen LogP contribution is -2.41. The highest BCUT2D eigenvalue weighted by atomic mass is 16.6. The van der Waals surface area contributed by atoms with Crippen molar-refractivity contribution in [3.8, 4) is 17.5 Å². The van der Waals surface area contributed by atoms with E-state index in [1.807, 2.05) is 81.4 Å². The molecular formula is C43H54N6O6. The van der Waals surface area contributed by atoms with Crippen LogP contribution in [0.4, 0.5) is 10.6 Å². The van der Waals surface area contributed by atoms with Crippen LogP contribution in [0.1, 0.15) is 98.9 Å². The Morgan fingerprint density at radius 1 is 0.945 bits per heavy atom. The van der Waals surface area contributed by atoms with Gasteiger partial charge >= 0.3 is 12.1 Å². The summed E-state index contributed by atoms with van der Waals surface area (Å²) in [5, 5.41) is 16.7. The Bertz CT molecular complexity index is 1980. The lowest BCUT2D eigenvalue weighted by Gasteiger charge is -2.34. The fourth-order valence-corrected chi connectivity index (χ4v) is 6.94. The fourth-order valence-electron chi connectivity index (χ4n) is 6.94. The molecule has 0 spiro atoms. The standard InChI is InChI=1S/C43H54N6O6/c1-8-9-24-54-41-45-40(48(27-30-10-15-34(52-6)16-11-30)28-31-12-17-35(53-7)18-13-31)39-44-26-37(49(39)46-41)38(50)33-14-19-36(29(2)25-33)32-20-22-47(23-21-32)42(51)55-43(3,4)5/h10-19,25-26,32,38,50H,8-9,20-24,27-28H2,1-7H3. The van der Waals surface area contributed by atoms with Gasteiger partial charge in [0, 0.05) is 26.2 Å². The molecule has 1 amide bonds. The van der Waals surface area contributed by atoms with E-state index in [9.17, 15) is 9.90 Å². The number of methoxy groups -OCH3 is 2. The van der Waals surface area contributed by atoms with E-state index < -0.39 is 11.7 Å². The average Bonchev–Trinajstić information content (AvgIpc) is 3.61. The Labute approximate surface area is 324 Å². The number of aryl methyl sites for hydroxylation is 1. The number of aliphatic hydroxyl groups excluding tert-OH is 1. The molecule has 55 heavy (non-hydrogen) atoms. The second-order valence-corrected chi connectivity index (χ2v) is 15.2. The van der Waals surface area contributed by atoms with Crippen LogP contribution in [0.25, 0.3) is 5.65 Å². The van der Waals surface area contributed by atoms with Gasteiger partial charge in [-0.25, -0.2) is 14.3 Å². The summed E-state index contributed by atoms with van der Waals surface area (Å²) in [5.41, 5.74) is 5.64.